The van der Waals surface area contributed by atoms with Crippen LogP contribution in [0.5, 0.6) is 0 Å². The zero-order chi connectivity index (χ0) is 14.1. The standard InChI is InChI=1S/C15H24N2O2/c1-12(9-14-7-5-4-6-8-14)16-10-15(18)17-13(2)11-19-3/h4-8,12-13,16H,9-11H2,1-3H3,(H,17,18). The van der Waals surface area contributed by atoms with Crippen LogP contribution in [0.1, 0.15) is 19.4 Å². The van der Waals surface area contributed by atoms with Gasteiger partial charge < -0.3 is 15.4 Å². The Balaban J connectivity index is 2.22. The van der Waals surface area contributed by atoms with E-state index < -0.39 is 0 Å². The lowest BCUT2D eigenvalue weighted by Crippen LogP contribution is -2.43. The maximum Gasteiger partial charge on any atom is 0.234 e. The van der Waals surface area contributed by atoms with Gasteiger partial charge in [0.05, 0.1) is 13.2 Å². The monoisotopic (exact) mass is 264 g/mol. The van der Waals surface area contributed by atoms with E-state index in [1.807, 2.05) is 25.1 Å². The number of amides is 1. The third-order valence-electron chi connectivity index (χ3n) is 2.82. The lowest BCUT2D eigenvalue weighted by Gasteiger charge is -2.16. The number of rotatable bonds is 8. The normalized spacial score (nSPS) is 13.8. The molecule has 1 amide bonds. The lowest BCUT2D eigenvalue weighted by atomic mass is 10.1. The van der Waals surface area contributed by atoms with Crippen molar-refractivity contribution < 1.29 is 9.53 Å². The number of hydrogen-bond donors (Lipinski definition) is 2. The van der Waals surface area contributed by atoms with Crippen molar-refractivity contribution in [3.63, 3.8) is 0 Å². The molecule has 4 nitrogen and oxygen atoms in total. The Hall–Kier alpha value is -1.39. The zero-order valence-corrected chi connectivity index (χ0v) is 12.0. The van der Waals surface area contributed by atoms with E-state index in [1.54, 1.807) is 7.11 Å². The molecular formula is C15H24N2O2. The molecule has 0 radical (unpaired) electrons. The van der Waals surface area contributed by atoms with Gasteiger partial charge in [-0.05, 0) is 25.8 Å². The van der Waals surface area contributed by atoms with E-state index in [1.165, 1.54) is 5.56 Å². The molecule has 0 bridgehead atoms. The Labute approximate surface area is 115 Å². The van der Waals surface area contributed by atoms with Crippen molar-refractivity contribution in [1.82, 2.24) is 10.6 Å². The van der Waals surface area contributed by atoms with Crippen molar-refractivity contribution in [1.29, 1.82) is 0 Å². The molecule has 4 heteroatoms. The maximum atomic E-state index is 11.7. The minimum atomic E-state index is 0.00413. The third kappa shape index (κ3) is 6.94. The maximum absolute atomic E-state index is 11.7. The van der Waals surface area contributed by atoms with E-state index in [-0.39, 0.29) is 18.0 Å². The Morgan fingerprint density at radius 3 is 2.53 bits per heavy atom. The lowest BCUT2D eigenvalue weighted by molar-refractivity contribution is -0.121. The summed E-state index contributed by atoms with van der Waals surface area (Å²) in [5.74, 6) is 0.00413. The van der Waals surface area contributed by atoms with Crippen LogP contribution in [0.2, 0.25) is 0 Å². The summed E-state index contributed by atoms with van der Waals surface area (Å²) >= 11 is 0. The molecule has 0 aliphatic carbocycles. The number of carbonyl (C=O) groups is 1. The van der Waals surface area contributed by atoms with Gasteiger partial charge in [0.1, 0.15) is 0 Å². The van der Waals surface area contributed by atoms with Crippen LogP contribution in [-0.4, -0.2) is 38.3 Å². The minimum absolute atomic E-state index is 0.00413. The number of nitrogens with one attached hydrogen (secondary N) is 2. The van der Waals surface area contributed by atoms with Crippen molar-refractivity contribution in [2.45, 2.75) is 32.4 Å². The highest BCUT2D eigenvalue weighted by molar-refractivity contribution is 5.78. The number of ether oxygens (including phenoxy) is 1. The smallest absolute Gasteiger partial charge is 0.234 e. The van der Waals surface area contributed by atoms with E-state index in [9.17, 15) is 4.79 Å². The molecule has 0 aliphatic rings. The summed E-state index contributed by atoms with van der Waals surface area (Å²) in [5, 5.41) is 6.10. The molecule has 0 aromatic heterocycles. The van der Waals surface area contributed by atoms with Gasteiger partial charge in [0, 0.05) is 19.2 Å². The van der Waals surface area contributed by atoms with E-state index in [0.717, 1.165) is 6.42 Å². The first-order chi connectivity index (χ1) is 9.11. The van der Waals surface area contributed by atoms with E-state index in [4.69, 9.17) is 4.74 Å². The second-order valence-corrected chi connectivity index (χ2v) is 4.90. The number of hydrogen-bond acceptors (Lipinski definition) is 3. The largest absolute Gasteiger partial charge is 0.383 e. The van der Waals surface area contributed by atoms with Crippen molar-refractivity contribution in [3.05, 3.63) is 35.9 Å². The van der Waals surface area contributed by atoms with Crippen molar-refractivity contribution >= 4 is 5.91 Å². The third-order valence-corrected chi connectivity index (χ3v) is 2.82. The predicted molar refractivity (Wildman–Crippen MR) is 77.1 cm³/mol. The first-order valence-corrected chi connectivity index (χ1v) is 6.67. The minimum Gasteiger partial charge on any atom is -0.383 e. The molecule has 0 fully saturated rings. The van der Waals surface area contributed by atoms with Gasteiger partial charge in [-0.15, -0.1) is 0 Å². The highest BCUT2D eigenvalue weighted by Gasteiger charge is 2.09. The average Bonchev–Trinajstić information content (AvgIpc) is 2.38. The highest BCUT2D eigenvalue weighted by atomic mass is 16.5. The Bertz CT molecular complexity index is 368. The highest BCUT2D eigenvalue weighted by Crippen LogP contribution is 2.02. The first-order valence-electron chi connectivity index (χ1n) is 6.67. The predicted octanol–water partition coefficient (Wildman–Crippen LogP) is 1.36. The van der Waals surface area contributed by atoms with Gasteiger partial charge in [-0.2, -0.15) is 0 Å². The van der Waals surface area contributed by atoms with Gasteiger partial charge in [0.15, 0.2) is 0 Å². The number of benzene rings is 1. The fourth-order valence-corrected chi connectivity index (χ4v) is 1.92. The Morgan fingerprint density at radius 1 is 1.21 bits per heavy atom. The number of methoxy groups -OCH3 is 1. The average molecular weight is 264 g/mol. The van der Waals surface area contributed by atoms with Crippen LogP contribution in [0.25, 0.3) is 0 Å². The Morgan fingerprint density at radius 2 is 1.89 bits per heavy atom. The van der Waals surface area contributed by atoms with Crippen molar-refractivity contribution in [2.24, 2.45) is 0 Å². The summed E-state index contributed by atoms with van der Waals surface area (Å²) < 4.78 is 4.97. The summed E-state index contributed by atoms with van der Waals surface area (Å²) in [5.41, 5.74) is 1.27. The zero-order valence-electron chi connectivity index (χ0n) is 12.0. The topological polar surface area (TPSA) is 50.4 Å². The van der Waals surface area contributed by atoms with E-state index >= 15 is 0 Å². The molecule has 0 spiro atoms. The molecule has 1 aromatic rings. The van der Waals surface area contributed by atoms with Crippen LogP contribution in [0, 0.1) is 0 Å². The molecule has 1 rings (SSSR count). The summed E-state index contributed by atoms with van der Waals surface area (Å²) in [7, 11) is 1.63. The van der Waals surface area contributed by atoms with Gasteiger partial charge >= 0.3 is 0 Å². The summed E-state index contributed by atoms with van der Waals surface area (Å²) in [6.07, 6.45) is 0.918. The Kier molecular flexibility index (Phi) is 7.15. The van der Waals surface area contributed by atoms with Crippen LogP contribution in [0.15, 0.2) is 30.3 Å². The van der Waals surface area contributed by atoms with Crippen molar-refractivity contribution in [3.8, 4) is 0 Å². The fraction of sp³-hybridized carbons (Fsp3) is 0.533. The molecule has 0 saturated heterocycles. The molecule has 2 N–H and O–H groups in total. The molecule has 2 atom stereocenters. The fourth-order valence-electron chi connectivity index (χ4n) is 1.92. The molecule has 1 aromatic carbocycles. The van der Waals surface area contributed by atoms with Crippen LogP contribution < -0.4 is 10.6 Å². The molecule has 0 aliphatic heterocycles. The van der Waals surface area contributed by atoms with E-state index in [0.29, 0.717) is 13.2 Å². The molecule has 0 saturated carbocycles. The first kappa shape index (κ1) is 15.7. The second-order valence-electron chi connectivity index (χ2n) is 4.90. The molecule has 0 heterocycles. The van der Waals surface area contributed by atoms with Gasteiger partial charge in [0.2, 0.25) is 5.91 Å². The van der Waals surface area contributed by atoms with Gasteiger partial charge in [-0.1, -0.05) is 30.3 Å². The van der Waals surface area contributed by atoms with Gasteiger partial charge in [-0.3, -0.25) is 4.79 Å². The van der Waals surface area contributed by atoms with Crippen LogP contribution in [0.4, 0.5) is 0 Å². The SMILES string of the molecule is COCC(C)NC(=O)CNC(C)Cc1ccccc1. The van der Waals surface area contributed by atoms with Crippen LogP contribution in [0.3, 0.4) is 0 Å². The molecule has 2 unspecified atom stereocenters. The van der Waals surface area contributed by atoms with Crippen molar-refractivity contribution in [2.75, 3.05) is 20.3 Å². The molecule has 106 valence electrons. The number of carbonyl (C=O) groups excluding carboxylic acids is 1. The quantitative estimate of drug-likeness (QED) is 0.745. The summed E-state index contributed by atoms with van der Waals surface area (Å²) in [6.45, 7) is 4.88. The van der Waals surface area contributed by atoms with Gasteiger partial charge in [0.25, 0.3) is 0 Å². The van der Waals surface area contributed by atoms with Crippen LogP contribution >= 0.6 is 0 Å². The van der Waals surface area contributed by atoms with E-state index in [2.05, 4.69) is 29.7 Å². The summed E-state index contributed by atoms with van der Waals surface area (Å²) in [4.78, 5) is 11.7. The molecule has 19 heavy (non-hydrogen) atoms. The van der Waals surface area contributed by atoms with Crippen LogP contribution in [-0.2, 0) is 16.0 Å². The molecular weight excluding hydrogens is 240 g/mol. The second kappa shape index (κ2) is 8.67. The summed E-state index contributed by atoms with van der Waals surface area (Å²) in [6, 6.07) is 10.6. The van der Waals surface area contributed by atoms with Gasteiger partial charge in [-0.25, -0.2) is 0 Å².